The molecule has 1 aliphatic rings. The van der Waals surface area contributed by atoms with Crippen LogP contribution in [0.25, 0.3) is 0 Å². The maximum atomic E-state index is 5.95. The van der Waals surface area contributed by atoms with Crippen molar-refractivity contribution < 1.29 is 0 Å². The standard InChI is InChI=1S/C16H25N3.HI/c1-12-5-3-7-14(9-12)11-18-16(17)19-15-8-4-6-13(2)10-15;/h4,6,8,10,12,14H,3,5,7,9,11H2,1-2H3,(H3,17,18,19);1H. The third kappa shape index (κ3) is 5.69. The molecule has 1 aromatic rings. The Morgan fingerprint density at radius 1 is 1.40 bits per heavy atom. The third-order valence-electron chi connectivity index (χ3n) is 3.86. The Labute approximate surface area is 139 Å². The zero-order chi connectivity index (χ0) is 13.7. The molecule has 0 heterocycles. The average molecular weight is 387 g/mol. The van der Waals surface area contributed by atoms with Gasteiger partial charge in [-0.25, -0.2) is 0 Å². The molecular formula is C16H26IN3. The largest absolute Gasteiger partial charge is 0.370 e. The van der Waals surface area contributed by atoms with E-state index in [0.29, 0.717) is 11.9 Å². The van der Waals surface area contributed by atoms with Crippen molar-refractivity contribution in [3.63, 3.8) is 0 Å². The summed E-state index contributed by atoms with van der Waals surface area (Å²) in [5, 5.41) is 3.16. The summed E-state index contributed by atoms with van der Waals surface area (Å²) in [4.78, 5) is 4.49. The van der Waals surface area contributed by atoms with Crippen LogP contribution in [-0.4, -0.2) is 12.5 Å². The van der Waals surface area contributed by atoms with Crippen LogP contribution in [-0.2, 0) is 0 Å². The number of aliphatic imine (C=N–C) groups is 1. The van der Waals surface area contributed by atoms with Gasteiger partial charge in [0.2, 0.25) is 0 Å². The van der Waals surface area contributed by atoms with E-state index < -0.39 is 0 Å². The number of hydrogen-bond acceptors (Lipinski definition) is 1. The number of nitrogens with one attached hydrogen (secondary N) is 1. The number of aryl methyl sites for hydroxylation is 1. The summed E-state index contributed by atoms with van der Waals surface area (Å²) in [6.07, 6.45) is 5.30. The highest BCUT2D eigenvalue weighted by Crippen LogP contribution is 2.28. The molecule has 0 aromatic heterocycles. The number of nitrogens with zero attached hydrogens (tertiary/aromatic N) is 1. The number of hydrogen-bond donors (Lipinski definition) is 2. The summed E-state index contributed by atoms with van der Waals surface area (Å²) in [5.74, 6) is 2.09. The van der Waals surface area contributed by atoms with Gasteiger partial charge in [-0.05, 0) is 49.3 Å². The number of rotatable bonds is 3. The van der Waals surface area contributed by atoms with E-state index in [1.54, 1.807) is 0 Å². The molecule has 1 aromatic carbocycles. The minimum Gasteiger partial charge on any atom is -0.370 e. The lowest BCUT2D eigenvalue weighted by molar-refractivity contribution is 0.289. The molecule has 2 unspecified atom stereocenters. The first-order valence-corrected chi connectivity index (χ1v) is 7.27. The lowest BCUT2D eigenvalue weighted by atomic mass is 9.82. The van der Waals surface area contributed by atoms with Gasteiger partial charge in [0.05, 0.1) is 0 Å². The van der Waals surface area contributed by atoms with Crippen LogP contribution in [0.5, 0.6) is 0 Å². The van der Waals surface area contributed by atoms with Crippen LogP contribution in [0.3, 0.4) is 0 Å². The molecule has 2 atom stereocenters. The Morgan fingerprint density at radius 3 is 2.90 bits per heavy atom. The first-order chi connectivity index (χ1) is 9.13. The summed E-state index contributed by atoms with van der Waals surface area (Å²) in [5.41, 5.74) is 8.18. The minimum atomic E-state index is 0. The monoisotopic (exact) mass is 387 g/mol. The molecule has 20 heavy (non-hydrogen) atoms. The summed E-state index contributed by atoms with van der Waals surface area (Å²) in [6, 6.07) is 8.18. The van der Waals surface area contributed by atoms with Crippen molar-refractivity contribution in [3.05, 3.63) is 29.8 Å². The van der Waals surface area contributed by atoms with E-state index >= 15 is 0 Å². The second-order valence-corrected chi connectivity index (χ2v) is 5.86. The molecule has 3 nitrogen and oxygen atoms in total. The van der Waals surface area contributed by atoms with E-state index in [1.165, 1.54) is 31.2 Å². The third-order valence-corrected chi connectivity index (χ3v) is 3.86. The summed E-state index contributed by atoms with van der Waals surface area (Å²) < 4.78 is 0. The SMILES string of the molecule is Cc1cccc(NC(N)=NCC2CCCC(C)C2)c1.I. The van der Waals surface area contributed by atoms with Gasteiger partial charge in [-0.3, -0.25) is 4.99 Å². The molecule has 2 rings (SSSR count). The number of halogens is 1. The Balaban J connectivity index is 0.00000200. The van der Waals surface area contributed by atoms with Crippen LogP contribution in [0.2, 0.25) is 0 Å². The lowest BCUT2D eigenvalue weighted by Crippen LogP contribution is -2.25. The predicted octanol–water partition coefficient (Wildman–Crippen LogP) is 4.17. The van der Waals surface area contributed by atoms with Crippen molar-refractivity contribution in [1.82, 2.24) is 0 Å². The fourth-order valence-electron chi connectivity index (χ4n) is 2.86. The Morgan fingerprint density at radius 2 is 2.20 bits per heavy atom. The van der Waals surface area contributed by atoms with Crippen LogP contribution in [0.4, 0.5) is 5.69 Å². The first kappa shape index (κ1) is 17.3. The predicted molar refractivity (Wildman–Crippen MR) is 97.8 cm³/mol. The molecule has 112 valence electrons. The van der Waals surface area contributed by atoms with Crippen LogP contribution in [0.1, 0.15) is 38.2 Å². The highest BCUT2D eigenvalue weighted by atomic mass is 127. The van der Waals surface area contributed by atoms with Gasteiger partial charge in [0.1, 0.15) is 0 Å². The van der Waals surface area contributed by atoms with Crippen molar-refractivity contribution in [3.8, 4) is 0 Å². The van der Waals surface area contributed by atoms with Gasteiger partial charge in [-0.15, -0.1) is 24.0 Å². The summed E-state index contributed by atoms with van der Waals surface area (Å²) >= 11 is 0. The van der Waals surface area contributed by atoms with Gasteiger partial charge in [0.25, 0.3) is 0 Å². The zero-order valence-electron chi connectivity index (χ0n) is 12.4. The van der Waals surface area contributed by atoms with Gasteiger partial charge < -0.3 is 11.1 Å². The molecule has 0 saturated heterocycles. The number of nitrogens with two attached hydrogens (primary N) is 1. The lowest BCUT2D eigenvalue weighted by Gasteiger charge is -2.25. The molecule has 0 spiro atoms. The van der Waals surface area contributed by atoms with Crippen molar-refractivity contribution in [2.75, 3.05) is 11.9 Å². The van der Waals surface area contributed by atoms with E-state index in [9.17, 15) is 0 Å². The molecule has 0 radical (unpaired) electrons. The molecule has 4 heteroatoms. The topological polar surface area (TPSA) is 50.4 Å². The molecule has 3 N–H and O–H groups in total. The van der Waals surface area contributed by atoms with E-state index in [0.717, 1.165) is 18.2 Å². The molecular weight excluding hydrogens is 361 g/mol. The molecule has 0 aliphatic heterocycles. The smallest absolute Gasteiger partial charge is 0.193 e. The highest BCUT2D eigenvalue weighted by molar-refractivity contribution is 14.0. The van der Waals surface area contributed by atoms with Crippen molar-refractivity contribution in [1.29, 1.82) is 0 Å². The fraction of sp³-hybridized carbons (Fsp3) is 0.562. The van der Waals surface area contributed by atoms with E-state index in [4.69, 9.17) is 5.73 Å². The Bertz CT molecular complexity index is 445. The molecule has 0 amide bonds. The maximum Gasteiger partial charge on any atom is 0.193 e. The number of guanidine groups is 1. The van der Waals surface area contributed by atoms with Crippen molar-refractivity contribution >= 4 is 35.6 Å². The highest BCUT2D eigenvalue weighted by Gasteiger charge is 2.18. The first-order valence-electron chi connectivity index (χ1n) is 7.27. The normalized spacial score (nSPS) is 23.0. The van der Waals surface area contributed by atoms with E-state index in [2.05, 4.69) is 36.3 Å². The van der Waals surface area contributed by atoms with Crippen LogP contribution in [0.15, 0.2) is 29.3 Å². The second-order valence-electron chi connectivity index (χ2n) is 5.86. The van der Waals surface area contributed by atoms with Gasteiger partial charge in [0, 0.05) is 12.2 Å². The van der Waals surface area contributed by atoms with Gasteiger partial charge in [-0.1, -0.05) is 31.9 Å². The molecule has 1 saturated carbocycles. The van der Waals surface area contributed by atoms with Crippen LogP contribution < -0.4 is 11.1 Å². The Hall–Kier alpha value is -0.780. The van der Waals surface area contributed by atoms with Crippen molar-refractivity contribution in [2.24, 2.45) is 22.6 Å². The molecule has 1 fully saturated rings. The molecule has 0 bridgehead atoms. The Kier molecular flexibility index (Phi) is 7.34. The summed E-state index contributed by atoms with van der Waals surface area (Å²) in [6.45, 7) is 5.27. The van der Waals surface area contributed by atoms with Crippen molar-refractivity contribution in [2.45, 2.75) is 39.5 Å². The quantitative estimate of drug-likeness (QED) is 0.465. The second kappa shape index (κ2) is 8.49. The van der Waals surface area contributed by atoms with Gasteiger partial charge in [-0.2, -0.15) is 0 Å². The van der Waals surface area contributed by atoms with E-state index in [-0.39, 0.29) is 24.0 Å². The number of anilines is 1. The fourth-order valence-corrected chi connectivity index (χ4v) is 2.86. The van der Waals surface area contributed by atoms with Crippen LogP contribution >= 0.6 is 24.0 Å². The average Bonchev–Trinajstić information content (AvgIpc) is 2.36. The minimum absolute atomic E-state index is 0. The van der Waals surface area contributed by atoms with Crippen LogP contribution in [0, 0.1) is 18.8 Å². The maximum absolute atomic E-state index is 5.95. The zero-order valence-corrected chi connectivity index (χ0v) is 14.8. The van der Waals surface area contributed by atoms with E-state index in [1.807, 2.05) is 12.1 Å². The summed E-state index contributed by atoms with van der Waals surface area (Å²) in [7, 11) is 0. The van der Waals surface area contributed by atoms with Gasteiger partial charge in [0.15, 0.2) is 5.96 Å². The number of benzene rings is 1. The molecule has 1 aliphatic carbocycles. The van der Waals surface area contributed by atoms with Gasteiger partial charge >= 0.3 is 0 Å².